The number of hydrogen-bond acceptors (Lipinski definition) is 9. The molecule has 182 valence electrons. The molecule has 9 nitrogen and oxygen atoms in total. The fourth-order valence-electron chi connectivity index (χ4n) is 3.56. The zero-order valence-electron chi connectivity index (χ0n) is 20.8. The van der Waals surface area contributed by atoms with E-state index >= 15 is 0 Å². The number of carboxylic acid groups (broad SMARTS) is 2. The standard InChI is InChI=1S/C23H16Cl2O9S.3Na/c1-9-5-11(7-13(20(9)26)22(28)29)17(12-6-10(2)21(27)14(8-12)23(30)31)18-15(24)3-4-16(19(18)25)35(32,33)34;;;/h3-8,26H,1-2H3,(H,28,29)(H,30,31)(H,32,33,34);;;/q;3*+1/p-3. The Bertz CT molecular complexity index is 1550. The Morgan fingerprint density at radius 2 is 1.53 bits per heavy atom. The van der Waals surface area contributed by atoms with Gasteiger partial charge in [-0.1, -0.05) is 23.2 Å². The summed E-state index contributed by atoms with van der Waals surface area (Å²) in [6, 6.07) is 4.20. The first-order valence-corrected chi connectivity index (χ1v) is 11.7. The minimum atomic E-state index is -5.10. The van der Waals surface area contributed by atoms with Crippen LogP contribution < -0.4 is 98.9 Å². The van der Waals surface area contributed by atoms with E-state index in [9.17, 15) is 42.7 Å². The molecule has 0 atom stereocenters. The minimum Gasteiger partial charge on any atom is -0.744 e. The average Bonchev–Trinajstić information content (AvgIpc) is 2.73. The smallest absolute Gasteiger partial charge is 0.744 e. The van der Waals surface area contributed by atoms with E-state index in [1.807, 2.05) is 0 Å². The van der Waals surface area contributed by atoms with Gasteiger partial charge in [-0.15, -0.1) is 0 Å². The van der Waals surface area contributed by atoms with Crippen molar-refractivity contribution in [3.63, 3.8) is 0 Å². The maximum absolute atomic E-state index is 12.3. The third-order valence-electron chi connectivity index (χ3n) is 5.17. The molecule has 0 aliphatic heterocycles. The van der Waals surface area contributed by atoms with Gasteiger partial charge in [-0.3, -0.25) is 4.79 Å². The molecule has 2 aromatic rings. The molecule has 0 spiro atoms. The molecule has 0 fully saturated rings. The van der Waals surface area contributed by atoms with Crippen LogP contribution in [0.1, 0.15) is 34.0 Å². The Kier molecular flexibility index (Phi) is 14.3. The summed E-state index contributed by atoms with van der Waals surface area (Å²) in [5, 5.41) is 32.5. The molecule has 2 aromatic carbocycles. The number of rotatable bonds is 5. The van der Waals surface area contributed by atoms with E-state index in [2.05, 4.69) is 0 Å². The third kappa shape index (κ3) is 7.64. The first-order chi connectivity index (χ1) is 16.1. The van der Waals surface area contributed by atoms with Crippen LogP contribution in [0.3, 0.4) is 0 Å². The summed E-state index contributed by atoms with van der Waals surface area (Å²) in [6.07, 6.45) is 2.17. The van der Waals surface area contributed by atoms with E-state index < -0.39 is 54.6 Å². The van der Waals surface area contributed by atoms with Crippen molar-refractivity contribution in [3.05, 3.63) is 85.4 Å². The van der Waals surface area contributed by atoms with Gasteiger partial charge in [0.05, 0.1) is 26.9 Å². The summed E-state index contributed by atoms with van der Waals surface area (Å²) in [4.78, 5) is 34.6. The number of aromatic carboxylic acids is 1. The van der Waals surface area contributed by atoms with Crippen LogP contribution in [-0.2, 0) is 19.7 Å². The molecule has 0 radical (unpaired) electrons. The molecule has 0 saturated carbocycles. The number of phenols is 1. The van der Waals surface area contributed by atoms with Gasteiger partial charge in [0.15, 0.2) is 5.78 Å². The third-order valence-corrected chi connectivity index (χ3v) is 6.87. The predicted molar refractivity (Wildman–Crippen MR) is 119 cm³/mol. The monoisotopic (exact) mass is 604 g/mol. The number of benzene rings is 2. The SMILES string of the molecule is CC1=CC(=C(c2cc(C)c(O)c(C(=O)[O-])c2)c2c(Cl)ccc(S(=O)(=O)[O-])c2Cl)C=C(C(=O)[O-])C1=O.[Na+].[Na+].[Na+]. The molecule has 1 aliphatic rings. The van der Waals surface area contributed by atoms with Crippen molar-refractivity contribution in [2.45, 2.75) is 18.7 Å². The Hall–Kier alpha value is -0.440. The zero-order valence-corrected chi connectivity index (χ0v) is 29.2. The predicted octanol–water partition coefficient (Wildman–Crippen LogP) is -7.71. The molecule has 0 heterocycles. The molecule has 15 heteroatoms. The molecular weight excluding hydrogens is 592 g/mol. The van der Waals surface area contributed by atoms with Crippen molar-refractivity contribution >= 4 is 56.6 Å². The topological polar surface area (TPSA) is 175 Å². The molecule has 38 heavy (non-hydrogen) atoms. The second-order valence-corrected chi connectivity index (χ2v) is 9.63. The van der Waals surface area contributed by atoms with Crippen molar-refractivity contribution < 1.29 is 131 Å². The van der Waals surface area contributed by atoms with Gasteiger partial charge in [0.2, 0.25) is 0 Å². The van der Waals surface area contributed by atoms with Gasteiger partial charge in [0.1, 0.15) is 15.9 Å². The van der Waals surface area contributed by atoms with Crippen LogP contribution in [0, 0.1) is 6.92 Å². The number of aliphatic carboxylic acids is 1. The number of hydrogen-bond donors (Lipinski definition) is 1. The molecule has 0 saturated heterocycles. The number of allylic oxidation sites excluding steroid dienone is 4. The van der Waals surface area contributed by atoms with Crippen molar-refractivity contribution in [2.75, 3.05) is 0 Å². The summed E-state index contributed by atoms with van der Waals surface area (Å²) in [6.45, 7) is 2.68. The van der Waals surface area contributed by atoms with E-state index in [1.54, 1.807) is 0 Å². The van der Waals surface area contributed by atoms with Gasteiger partial charge in [-0.2, -0.15) is 0 Å². The van der Waals surface area contributed by atoms with Gasteiger partial charge < -0.3 is 29.5 Å². The van der Waals surface area contributed by atoms with E-state index in [4.69, 9.17) is 23.2 Å². The summed E-state index contributed by atoms with van der Waals surface area (Å²) in [5.41, 5.74) is -1.83. The molecular formula is C23H13Cl2Na3O9S. The number of Topliss-reactive ketones (excluding diaryl/α,β-unsaturated/α-hetero) is 1. The summed E-state index contributed by atoms with van der Waals surface area (Å²) < 4.78 is 35.3. The first kappa shape index (κ1) is 37.6. The van der Waals surface area contributed by atoms with Crippen LogP contribution in [0.15, 0.2) is 58.0 Å². The first-order valence-electron chi connectivity index (χ1n) is 9.55. The number of carbonyl (C=O) groups excluding carboxylic acids is 3. The molecule has 0 bridgehead atoms. The maximum Gasteiger partial charge on any atom is 1.00 e. The molecule has 0 amide bonds. The fraction of sp³-hybridized carbons (Fsp3) is 0.0870. The summed E-state index contributed by atoms with van der Waals surface area (Å²) in [5.74, 6) is -5.01. The second kappa shape index (κ2) is 14.5. The average molecular weight is 605 g/mol. The summed E-state index contributed by atoms with van der Waals surface area (Å²) >= 11 is 12.6. The molecule has 0 aromatic heterocycles. The number of aromatic hydroxyl groups is 1. The van der Waals surface area contributed by atoms with Gasteiger partial charge >= 0.3 is 88.7 Å². The molecule has 1 aliphatic carbocycles. The van der Waals surface area contributed by atoms with Gasteiger partial charge in [-0.05, 0) is 78.1 Å². The zero-order chi connectivity index (χ0) is 26.4. The van der Waals surface area contributed by atoms with Crippen LogP contribution in [-0.4, -0.2) is 35.8 Å². The fourth-order valence-corrected chi connectivity index (χ4v) is 4.96. The van der Waals surface area contributed by atoms with Crippen molar-refractivity contribution in [1.29, 1.82) is 0 Å². The van der Waals surface area contributed by atoms with Gasteiger partial charge in [0.25, 0.3) is 0 Å². The van der Waals surface area contributed by atoms with Crippen molar-refractivity contribution in [2.24, 2.45) is 0 Å². The van der Waals surface area contributed by atoms with Crippen LogP contribution in [0.4, 0.5) is 0 Å². The van der Waals surface area contributed by atoms with E-state index in [0.717, 1.165) is 24.3 Å². The van der Waals surface area contributed by atoms with Gasteiger partial charge in [0, 0.05) is 16.7 Å². The van der Waals surface area contributed by atoms with Crippen LogP contribution in [0.2, 0.25) is 10.0 Å². The molecule has 3 rings (SSSR count). The van der Waals surface area contributed by atoms with E-state index in [-0.39, 0.29) is 127 Å². The molecule has 0 unspecified atom stereocenters. The normalized spacial score (nSPS) is 14.2. The van der Waals surface area contributed by atoms with Crippen LogP contribution in [0.25, 0.3) is 5.57 Å². The minimum absolute atomic E-state index is 0. The number of aryl methyl sites for hydroxylation is 1. The quantitative estimate of drug-likeness (QED) is 0.197. The largest absolute Gasteiger partial charge is 1.00 e. The van der Waals surface area contributed by atoms with Crippen LogP contribution in [0.5, 0.6) is 5.75 Å². The Morgan fingerprint density at radius 1 is 0.947 bits per heavy atom. The number of carbonyl (C=O) groups is 3. The summed E-state index contributed by atoms with van der Waals surface area (Å²) in [7, 11) is -5.10. The second-order valence-electron chi connectivity index (χ2n) is 7.50. The van der Waals surface area contributed by atoms with Gasteiger partial charge in [-0.25, -0.2) is 8.42 Å². The van der Waals surface area contributed by atoms with E-state index in [1.165, 1.54) is 26.0 Å². The number of carboxylic acids is 2. The maximum atomic E-state index is 12.3. The van der Waals surface area contributed by atoms with Crippen LogP contribution >= 0.6 is 23.2 Å². The van der Waals surface area contributed by atoms with E-state index in [0.29, 0.717) is 0 Å². The number of ketones is 1. The Morgan fingerprint density at radius 3 is 2.03 bits per heavy atom. The Labute approximate surface area is 294 Å². The Balaban J connectivity index is 0.00000456. The number of halogens is 2. The molecule has 1 N–H and O–H groups in total. The van der Waals surface area contributed by atoms with Crippen molar-refractivity contribution in [1.82, 2.24) is 0 Å². The van der Waals surface area contributed by atoms with Crippen molar-refractivity contribution in [3.8, 4) is 5.75 Å².